The lowest BCUT2D eigenvalue weighted by Crippen LogP contribution is -2.30. The van der Waals surface area contributed by atoms with Crippen LogP contribution in [-0.2, 0) is 0 Å². The first kappa shape index (κ1) is 13.1. The standard InChI is InChI=1S/C16H16N2OS/c19-16(12-6-2-1-3-7-12)18-11-5-9-14(18)13-8-4-10-17-15(13)20/h1-4,6-8,10,14H,5,9,11H2,(H,17,20). The van der Waals surface area contributed by atoms with E-state index in [0.29, 0.717) is 0 Å². The average molecular weight is 284 g/mol. The second kappa shape index (κ2) is 5.59. The third-order valence-electron chi connectivity index (χ3n) is 3.74. The van der Waals surface area contributed by atoms with Crippen LogP contribution < -0.4 is 0 Å². The minimum atomic E-state index is 0.0892. The van der Waals surface area contributed by atoms with E-state index in [1.807, 2.05) is 53.6 Å². The summed E-state index contributed by atoms with van der Waals surface area (Å²) in [5.41, 5.74) is 1.79. The number of aromatic nitrogens is 1. The predicted octanol–water partition coefficient (Wildman–Crippen LogP) is 3.72. The molecule has 2 aromatic rings. The first-order chi connectivity index (χ1) is 9.77. The fraction of sp³-hybridized carbons (Fsp3) is 0.250. The first-order valence-corrected chi connectivity index (χ1v) is 7.22. The van der Waals surface area contributed by atoms with Crippen molar-refractivity contribution in [2.75, 3.05) is 6.54 Å². The second-order valence-corrected chi connectivity index (χ2v) is 5.39. The van der Waals surface area contributed by atoms with Gasteiger partial charge in [0, 0.05) is 23.9 Å². The number of benzene rings is 1. The zero-order valence-corrected chi connectivity index (χ0v) is 11.9. The number of rotatable bonds is 2. The number of carbonyl (C=O) groups is 1. The molecule has 20 heavy (non-hydrogen) atoms. The molecule has 3 rings (SSSR count). The first-order valence-electron chi connectivity index (χ1n) is 6.81. The lowest BCUT2D eigenvalue weighted by atomic mass is 10.1. The number of aromatic amines is 1. The van der Waals surface area contributed by atoms with Gasteiger partial charge >= 0.3 is 0 Å². The van der Waals surface area contributed by atoms with E-state index in [9.17, 15) is 4.79 Å². The van der Waals surface area contributed by atoms with Gasteiger partial charge in [0.15, 0.2) is 0 Å². The van der Waals surface area contributed by atoms with Crippen LogP contribution in [0.1, 0.15) is 34.8 Å². The lowest BCUT2D eigenvalue weighted by Gasteiger charge is -2.25. The van der Waals surface area contributed by atoms with Crippen LogP contribution in [0, 0.1) is 4.64 Å². The van der Waals surface area contributed by atoms with Crippen LogP contribution in [0.15, 0.2) is 48.7 Å². The van der Waals surface area contributed by atoms with Gasteiger partial charge in [-0.2, -0.15) is 0 Å². The van der Waals surface area contributed by atoms with E-state index in [4.69, 9.17) is 12.2 Å². The maximum Gasteiger partial charge on any atom is 0.254 e. The predicted molar refractivity (Wildman–Crippen MR) is 81.1 cm³/mol. The molecular formula is C16H16N2OS. The van der Waals surface area contributed by atoms with Crippen molar-refractivity contribution in [3.8, 4) is 0 Å². The number of pyridine rings is 1. The zero-order valence-electron chi connectivity index (χ0n) is 11.1. The van der Waals surface area contributed by atoms with Gasteiger partial charge in [0.2, 0.25) is 0 Å². The Hall–Kier alpha value is -1.94. The molecule has 1 unspecified atom stereocenters. The minimum Gasteiger partial charge on any atom is -0.353 e. The van der Waals surface area contributed by atoms with Gasteiger partial charge in [0.25, 0.3) is 5.91 Å². The van der Waals surface area contributed by atoms with Gasteiger partial charge < -0.3 is 9.88 Å². The molecule has 0 radical (unpaired) electrons. The molecule has 1 N–H and O–H groups in total. The molecule has 0 spiro atoms. The average Bonchev–Trinajstić information content (AvgIpc) is 2.97. The van der Waals surface area contributed by atoms with Crippen LogP contribution in [0.5, 0.6) is 0 Å². The summed E-state index contributed by atoms with van der Waals surface area (Å²) in [4.78, 5) is 17.6. The molecular weight excluding hydrogens is 268 g/mol. The van der Waals surface area contributed by atoms with E-state index >= 15 is 0 Å². The van der Waals surface area contributed by atoms with Crippen molar-refractivity contribution in [3.63, 3.8) is 0 Å². The Bertz CT molecular complexity index is 665. The highest BCUT2D eigenvalue weighted by Gasteiger charge is 2.31. The van der Waals surface area contributed by atoms with E-state index in [-0.39, 0.29) is 11.9 Å². The summed E-state index contributed by atoms with van der Waals surface area (Å²) in [6.45, 7) is 0.794. The smallest absolute Gasteiger partial charge is 0.254 e. The van der Waals surface area contributed by atoms with Gasteiger partial charge in [-0.25, -0.2) is 0 Å². The molecule has 0 saturated carbocycles. The summed E-state index contributed by atoms with van der Waals surface area (Å²) < 4.78 is 0.727. The monoisotopic (exact) mass is 284 g/mol. The number of carbonyl (C=O) groups excluding carboxylic acids is 1. The lowest BCUT2D eigenvalue weighted by molar-refractivity contribution is 0.0735. The fourth-order valence-corrected chi connectivity index (χ4v) is 3.05. The van der Waals surface area contributed by atoms with Gasteiger partial charge in [0.05, 0.1) is 6.04 Å². The molecule has 0 bridgehead atoms. The summed E-state index contributed by atoms with van der Waals surface area (Å²) in [5, 5.41) is 0. The Morgan fingerprint density at radius 2 is 2.00 bits per heavy atom. The molecule has 1 fully saturated rings. The number of hydrogen-bond acceptors (Lipinski definition) is 2. The fourth-order valence-electron chi connectivity index (χ4n) is 2.78. The van der Waals surface area contributed by atoms with Crippen LogP contribution in [0.4, 0.5) is 0 Å². The number of amides is 1. The number of nitrogens with one attached hydrogen (secondary N) is 1. The van der Waals surface area contributed by atoms with Crippen LogP contribution in [0.25, 0.3) is 0 Å². The molecule has 3 nitrogen and oxygen atoms in total. The third-order valence-corrected chi connectivity index (χ3v) is 4.10. The van der Waals surface area contributed by atoms with Crippen LogP contribution in [-0.4, -0.2) is 22.3 Å². The quantitative estimate of drug-likeness (QED) is 0.853. The van der Waals surface area contributed by atoms with Gasteiger partial charge in [-0.3, -0.25) is 4.79 Å². The van der Waals surface area contributed by atoms with Crippen molar-refractivity contribution in [1.29, 1.82) is 0 Å². The van der Waals surface area contributed by atoms with Crippen LogP contribution >= 0.6 is 12.2 Å². The second-order valence-electron chi connectivity index (χ2n) is 4.98. The summed E-state index contributed by atoms with van der Waals surface area (Å²) in [6.07, 6.45) is 3.82. The summed E-state index contributed by atoms with van der Waals surface area (Å²) in [6, 6.07) is 13.5. The van der Waals surface area contributed by atoms with Crippen molar-refractivity contribution in [2.45, 2.75) is 18.9 Å². The molecule has 102 valence electrons. The van der Waals surface area contributed by atoms with Crippen LogP contribution in [0.2, 0.25) is 0 Å². The van der Waals surface area contributed by atoms with E-state index in [1.165, 1.54) is 0 Å². The Morgan fingerprint density at radius 1 is 1.20 bits per heavy atom. The van der Waals surface area contributed by atoms with Gasteiger partial charge in [-0.15, -0.1) is 0 Å². The molecule has 1 saturated heterocycles. The van der Waals surface area contributed by atoms with Crippen molar-refractivity contribution in [2.24, 2.45) is 0 Å². The molecule has 2 heterocycles. The number of H-pyrrole nitrogens is 1. The highest BCUT2D eigenvalue weighted by atomic mass is 32.1. The molecule has 1 aliphatic rings. The third kappa shape index (κ3) is 2.39. The Labute approximate surface area is 123 Å². The van der Waals surface area contributed by atoms with E-state index in [2.05, 4.69) is 4.98 Å². The van der Waals surface area contributed by atoms with E-state index in [0.717, 1.165) is 35.2 Å². The summed E-state index contributed by atoms with van der Waals surface area (Å²) >= 11 is 5.35. The molecule has 0 aliphatic carbocycles. The minimum absolute atomic E-state index is 0.0892. The van der Waals surface area contributed by atoms with E-state index < -0.39 is 0 Å². The number of hydrogen-bond donors (Lipinski definition) is 1. The zero-order chi connectivity index (χ0) is 13.9. The van der Waals surface area contributed by atoms with Crippen LogP contribution in [0.3, 0.4) is 0 Å². The summed E-state index contributed by atoms with van der Waals surface area (Å²) in [5.74, 6) is 0.0892. The van der Waals surface area contributed by atoms with E-state index in [1.54, 1.807) is 0 Å². The molecule has 1 aromatic heterocycles. The van der Waals surface area contributed by atoms with Gasteiger partial charge in [-0.1, -0.05) is 36.5 Å². The highest BCUT2D eigenvalue weighted by molar-refractivity contribution is 7.71. The maximum atomic E-state index is 12.6. The summed E-state index contributed by atoms with van der Waals surface area (Å²) in [7, 11) is 0. The molecule has 1 amide bonds. The largest absolute Gasteiger partial charge is 0.353 e. The maximum absolute atomic E-state index is 12.6. The normalized spacial score (nSPS) is 18.2. The Kier molecular flexibility index (Phi) is 3.65. The SMILES string of the molecule is O=C(c1ccccc1)N1CCCC1c1ccc[nH]c1=S. The van der Waals surface area contributed by atoms with Gasteiger partial charge in [-0.05, 0) is 31.0 Å². The molecule has 1 aliphatic heterocycles. The van der Waals surface area contributed by atoms with Crippen molar-refractivity contribution in [3.05, 3.63) is 64.4 Å². The topological polar surface area (TPSA) is 36.1 Å². The van der Waals surface area contributed by atoms with Crippen molar-refractivity contribution >= 4 is 18.1 Å². The highest BCUT2D eigenvalue weighted by Crippen LogP contribution is 2.33. The van der Waals surface area contributed by atoms with Crippen molar-refractivity contribution in [1.82, 2.24) is 9.88 Å². The molecule has 1 atom stereocenters. The number of nitrogens with zero attached hydrogens (tertiary/aromatic N) is 1. The number of likely N-dealkylation sites (tertiary alicyclic amines) is 1. The molecule has 4 heteroatoms. The Balaban J connectivity index is 1.92. The van der Waals surface area contributed by atoms with Crippen molar-refractivity contribution < 1.29 is 4.79 Å². The molecule has 1 aromatic carbocycles. The van der Waals surface area contributed by atoms with Gasteiger partial charge in [0.1, 0.15) is 4.64 Å². The Morgan fingerprint density at radius 3 is 2.75 bits per heavy atom.